The number of hydrogen-bond donors (Lipinski definition) is 0. The van der Waals surface area contributed by atoms with E-state index in [9.17, 15) is 0 Å². The van der Waals surface area contributed by atoms with Gasteiger partial charge in [-0.15, -0.1) is 0 Å². The minimum Gasteiger partial charge on any atom is -0.478 e. The van der Waals surface area contributed by atoms with E-state index in [1.54, 1.807) is 0 Å². The molecule has 18 heavy (non-hydrogen) atoms. The first-order chi connectivity index (χ1) is 8.78. The van der Waals surface area contributed by atoms with E-state index in [0.29, 0.717) is 0 Å². The van der Waals surface area contributed by atoms with E-state index in [1.807, 2.05) is 25.3 Å². The Balaban J connectivity index is 1.60. The summed E-state index contributed by atoms with van der Waals surface area (Å²) in [5, 5.41) is 0. The average Bonchev–Trinajstić information content (AvgIpc) is 2.85. The van der Waals surface area contributed by atoms with Crippen molar-refractivity contribution >= 4 is 9.52 Å². The van der Waals surface area contributed by atoms with Crippen LogP contribution in [0.25, 0.3) is 0 Å². The Bertz CT molecular complexity index is 355. The largest absolute Gasteiger partial charge is 0.478 e. The summed E-state index contributed by atoms with van der Waals surface area (Å²) in [7, 11) is 0.202. The van der Waals surface area contributed by atoms with Crippen molar-refractivity contribution in [3.05, 3.63) is 23.9 Å². The maximum absolute atomic E-state index is 5.64. The molecule has 0 aromatic carbocycles. The van der Waals surface area contributed by atoms with E-state index in [0.717, 1.165) is 24.4 Å². The lowest BCUT2D eigenvalue weighted by Gasteiger charge is -2.15. The fraction of sp³-hybridized carbons (Fsp3) is 0.643. The fourth-order valence-corrected chi connectivity index (χ4v) is 3.67. The molecule has 0 spiro atoms. The summed E-state index contributed by atoms with van der Waals surface area (Å²) < 4.78 is 5.64. The molecule has 0 bridgehead atoms. The molecule has 0 amide bonds. The lowest BCUT2D eigenvalue weighted by molar-refractivity contribution is 0.257. The predicted molar refractivity (Wildman–Crippen MR) is 78.3 cm³/mol. The van der Waals surface area contributed by atoms with Crippen molar-refractivity contribution in [2.75, 3.05) is 26.2 Å². The maximum atomic E-state index is 5.64. The second kappa shape index (κ2) is 6.90. The Morgan fingerprint density at radius 3 is 3.06 bits per heavy atom. The van der Waals surface area contributed by atoms with Crippen molar-refractivity contribution in [3.63, 3.8) is 0 Å². The second-order valence-electron chi connectivity index (χ2n) is 5.24. The molecule has 0 N–H and O–H groups in total. The number of rotatable bonds is 6. The van der Waals surface area contributed by atoms with Gasteiger partial charge in [0.25, 0.3) is 0 Å². The van der Waals surface area contributed by atoms with Crippen LogP contribution in [0.1, 0.15) is 18.4 Å². The van der Waals surface area contributed by atoms with Gasteiger partial charge in [0.05, 0.1) is 6.61 Å². The van der Waals surface area contributed by atoms with Crippen LogP contribution in [0.15, 0.2) is 18.3 Å². The molecule has 1 saturated heterocycles. The third-order valence-electron chi connectivity index (χ3n) is 3.70. The van der Waals surface area contributed by atoms with Crippen LogP contribution in [0.2, 0.25) is 12.1 Å². The van der Waals surface area contributed by atoms with Crippen LogP contribution in [-0.2, 0) is 0 Å². The summed E-state index contributed by atoms with van der Waals surface area (Å²) in [6.07, 6.45) is 4.39. The molecule has 1 aliphatic rings. The smallest absolute Gasteiger partial charge is 0.213 e. The highest BCUT2D eigenvalue weighted by atomic mass is 28.2. The minimum absolute atomic E-state index is 0.202. The Hall–Kier alpha value is -0.873. The fourth-order valence-electron chi connectivity index (χ4n) is 2.45. The van der Waals surface area contributed by atoms with Gasteiger partial charge >= 0.3 is 0 Å². The van der Waals surface area contributed by atoms with Crippen LogP contribution >= 0.6 is 0 Å². The first-order valence-corrected chi connectivity index (χ1v) is 9.29. The van der Waals surface area contributed by atoms with Crippen molar-refractivity contribution < 1.29 is 4.74 Å². The van der Waals surface area contributed by atoms with Crippen LogP contribution in [0.3, 0.4) is 0 Å². The van der Waals surface area contributed by atoms with Crippen molar-refractivity contribution in [2.24, 2.45) is 0 Å². The SMILES string of the molecule is C[SiH2]C1CCN(CCCOc2ccc(C)cn2)C1. The molecule has 3 nitrogen and oxygen atoms in total. The molecule has 100 valence electrons. The first-order valence-electron chi connectivity index (χ1n) is 7.05. The molecule has 2 rings (SSSR count). The highest BCUT2D eigenvalue weighted by molar-refractivity contribution is 6.35. The summed E-state index contributed by atoms with van der Waals surface area (Å²) >= 11 is 0. The number of nitrogens with zero attached hydrogens (tertiary/aromatic N) is 2. The molecule has 1 aromatic heterocycles. The van der Waals surface area contributed by atoms with Crippen LogP contribution in [-0.4, -0.2) is 45.6 Å². The molecule has 1 aliphatic heterocycles. The molecule has 0 saturated carbocycles. The molecular formula is C14H24N2OSi. The number of aromatic nitrogens is 1. The lowest BCUT2D eigenvalue weighted by Crippen LogP contribution is -2.23. The van der Waals surface area contributed by atoms with Gasteiger partial charge in [-0.05, 0) is 44.0 Å². The highest BCUT2D eigenvalue weighted by Crippen LogP contribution is 2.20. The molecule has 0 aliphatic carbocycles. The molecule has 4 heteroatoms. The van der Waals surface area contributed by atoms with E-state index >= 15 is 0 Å². The Labute approximate surface area is 112 Å². The van der Waals surface area contributed by atoms with Crippen LogP contribution < -0.4 is 4.74 Å². The van der Waals surface area contributed by atoms with Gasteiger partial charge < -0.3 is 9.64 Å². The summed E-state index contributed by atoms with van der Waals surface area (Å²) in [6.45, 7) is 9.06. The van der Waals surface area contributed by atoms with Gasteiger partial charge in [-0.2, -0.15) is 0 Å². The molecule has 0 radical (unpaired) electrons. The first kappa shape index (κ1) is 13.6. The molecule has 2 heterocycles. The quantitative estimate of drug-likeness (QED) is 0.579. The van der Waals surface area contributed by atoms with Crippen molar-refractivity contribution in [1.29, 1.82) is 0 Å². The zero-order valence-electron chi connectivity index (χ0n) is 11.6. The van der Waals surface area contributed by atoms with E-state index in [2.05, 4.69) is 16.4 Å². The molecule has 1 aromatic rings. The van der Waals surface area contributed by atoms with Crippen molar-refractivity contribution in [3.8, 4) is 5.88 Å². The third kappa shape index (κ3) is 4.10. The molecule has 1 unspecified atom stereocenters. The average molecular weight is 264 g/mol. The number of likely N-dealkylation sites (tertiary alicyclic amines) is 1. The zero-order valence-corrected chi connectivity index (χ0v) is 13.0. The van der Waals surface area contributed by atoms with E-state index in [-0.39, 0.29) is 9.52 Å². The van der Waals surface area contributed by atoms with Crippen LogP contribution in [0, 0.1) is 6.92 Å². The minimum atomic E-state index is 0.202. The van der Waals surface area contributed by atoms with E-state index in [4.69, 9.17) is 4.74 Å². The zero-order chi connectivity index (χ0) is 12.8. The second-order valence-corrected chi connectivity index (χ2v) is 7.21. The van der Waals surface area contributed by atoms with E-state index in [1.165, 1.54) is 31.6 Å². The topological polar surface area (TPSA) is 25.4 Å². The van der Waals surface area contributed by atoms with Gasteiger partial charge in [-0.1, -0.05) is 12.6 Å². The van der Waals surface area contributed by atoms with Crippen LogP contribution in [0.5, 0.6) is 5.88 Å². The van der Waals surface area contributed by atoms with Gasteiger partial charge in [0.1, 0.15) is 0 Å². The third-order valence-corrected chi connectivity index (χ3v) is 5.52. The molecule has 1 atom stereocenters. The van der Waals surface area contributed by atoms with Gasteiger partial charge in [0.2, 0.25) is 5.88 Å². The van der Waals surface area contributed by atoms with Gasteiger partial charge in [-0.25, -0.2) is 4.98 Å². The van der Waals surface area contributed by atoms with Crippen molar-refractivity contribution in [1.82, 2.24) is 9.88 Å². The summed E-state index contributed by atoms with van der Waals surface area (Å²) in [5.74, 6) is 0.751. The Morgan fingerprint density at radius 1 is 1.50 bits per heavy atom. The van der Waals surface area contributed by atoms with Gasteiger partial charge in [0.15, 0.2) is 0 Å². The number of ether oxygens (including phenoxy) is 1. The Morgan fingerprint density at radius 2 is 2.39 bits per heavy atom. The predicted octanol–water partition coefficient (Wildman–Crippen LogP) is 1.87. The molecule has 1 fully saturated rings. The normalized spacial score (nSPS) is 20.9. The lowest BCUT2D eigenvalue weighted by atomic mass is 10.3. The number of pyridine rings is 1. The summed E-state index contributed by atoms with van der Waals surface area (Å²) in [5.41, 5.74) is 2.24. The monoisotopic (exact) mass is 264 g/mol. The maximum Gasteiger partial charge on any atom is 0.213 e. The standard InChI is InChI=1S/C14H24N2OSi/c1-12-4-5-14(15-10-12)17-9-3-7-16-8-6-13(11-16)18-2/h4-5,10,13H,3,6-9,11,18H2,1-2H3. The van der Waals surface area contributed by atoms with Gasteiger partial charge in [0, 0.05) is 28.3 Å². The van der Waals surface area contributed by atoms with Crippen LogP contribution in [0.4, 0.5) is 0 Å². The summed E-state index contributed by atoms with van der Waals surface area (Å²) in [4.78, 5) is 6.83. The summed E-state index contributed by atoms with van der Waals surface area (Å²) in [6, 6.07) is 3.99. The van der Waals surface area contributed by atoms with E-state index < -0.39 is 0 Å². The highest BCUT2D eigenvalue weighted by Gasteiger charge is 2.20. The number of hydrogen-bond acceptors (Lipinski definition) is 3. The van der Waals surface area contributed by atoms with Gasteiger partial charge in [-0.3, -0.25) is 0 Å². The number of aryl methyl sites for hydroxylation is 1. The van der Waals surface area contributed by atoms with Crippen molar-refractivity contribution in [2.45, 2.75) is 31.9 Å². The Kier molecular flexibility index (Phi) is 5.20. The molecular weight excluding hydrogens is 240 g/mol.